The summed E-state index contributed by atoms with van der Waals surface area (Å²) in [5, 5.41) is 0. The molecule has 2 rings (SSSR count). The molecule has 7 heteroatoms. The molecule has 0 spiro atoms. The summed E-state index contributed by atoms with van der Waals surface area (Å²) in [6, 6.07) is 7.33. The molecule has 1 heterocycles. The second-order valence-electron chi connectivity index (χ2n) is 4.05. The molecule has 1 aromatic carbocycles. The average molecular weight is 305 g/mol. The fourth-order valence-corrected chi connectivity index (χ4v) is 1.83. The van der Waals surface area contributed by atoms with Crippen molar-refractivity contribution in [2.45, 2.75) is 12.7 Å². The summed E-state index contributed by atoms with van der Waals surface area (Å²) >= 11 is 5.90. The van der Waals surface area contributed by atoms with E-state index in [1.54, 1.807) is 6.07 Å². The fraction of sp³-hybridized carbons (Fsp3) is 0.154. The molecule has 0 saturated heterocycles. The summed E-state index contributed by atoms with van der Waals surface area (Å²) in [4.78, 5) is 3.77. The molecule has 0 amide bonds. The number of alkyl halides is 3. The normalized spacial score (nSPS) is 11.4. The lowest BCUT2D eigenvalue weighted by Gasteiger charge is -2.16. The number of aromatic nitrogens is 1. The van der Waals surface area contributed by atoms with Crippen molar-refractivity contribution < 1.29 is 17.6 Å². The summed E-state index contributed by atoms with van der Waals surface area (Å²) < 4.78 is 51.7. The molecule has 0 fully saturated rings. The number of rotatable bonds is 3. The molecular weight excluding hydrogens is 296 g/mol. The van der Waals surface area contributed by atoms with E-state index in [4.69, 9.17) is 11.8 Å². The summed E-state index contributed by atoms with van der Waals surface area (Å²) in [5.74, 6) is -0.490. The van der Waals surface area contributed by atoms with Crippen LogP contribution in [0.5, 0.6) is 0 Å². The van der Waals surface area contributed by atoms with Crippen LogP contribution in [0, 0.1) is 5.82 Å². The number of nitrogens with zero attached hydrogens (tertiary/aromatic N) is 2. The molecule has 2 aromatic rings. The topological polar surface area (TPSA) is 16.1 Å². The minimum absolute atomic E-state index is 0.0353. The average Bonchev–Trinajstić information content (AvgIpc) is 2.38. The number of hydrogen-bond acceptors (Lipinski definition) is 2. The van der Waals surface area contributed by atoms with Crippen LogP contribution in [0.2, 0.25) is 0 Å². The van der Waals surface area contributed by atoms with Gasteiger partial charge in [-0.3, -0.25) is 4.42 Å². The Labute approximate surface area is 117 Å². The predicted octanol–water partition coefficient (Wildman–Crippen LogP) is 4.40. The molecule has 106 valence electrons. The molecule has 0 atom stereocenters. The predicted molar refractivity (Wildman–Crippen MR) is 67.7 cm³/mol. The van der Waals surface area contributed by atoms with E-state index in [9.17, 15) is 17.6 Å². The fourth-order valence-electron chi connectivity index (χ4n) is 1.60. The van der Waals surface area contributed by atoms with Crippen LogP contribution >= 0.6 is 11.8 Å². The van der Waals surface area contributed by atoms with Crippen LogP contribution in [0.1, 0.15) is 11.1 Å². The molecule has 1 aromatic heterocycles. The van der Waals surface area contributed by atoms with Gasteiger partial charge >= 0.3 is 6.18 Å². The van der Waals surface area contributed by atoms with Crippen LogP contribution in [0.3, 0.4) is 0 Å². The maximum absolute atomic E-state index is 13.0. The number of pyridine rings is 1. The number of halogens is 5. The molecule has 0 unspecified atom stereocenters. The Morgan fingerprint density at radius 1 is 1.15 bits per heavy atom. The first-order valence-electron chi connectivity index (χ1n) is 5.57. The summed E-state index contributed by atoms with van der Waals surface area (Å²) in [6.45, 7) is 0.0353. The minimum atomic E-state index is -4.46. The van der Waals surface area contributed by atoms with Crippen LogP contribution in [-0.4, -0.2) is 4.98 Å². The second kappa shape index (κ2) is 5.66. The molecule has 0 aliphatic rings. The number of anilines is 1. The Morgan fingerprint density at radius 2 is 1.90 bits per heavy atom. The van der Waals surface area contributed by atoms with Crippen molar-refractivity contribution in [2.24, 2.45) is 0 Å². The van der Waals surface area contributed by atoms with Crippen LogP contribution in [0.25, 0.3) is 0 Å². The van der Waals surface area contributed by atoms with E-state index in [0.29, 0.717) is 5.56 Å². The monoisotopic (exact) mass is 304 g/mol. The van der Waals surface area contributed by atoms with Gasteiger partial charge in [-0.2, -0.15) is 13.2 Å². The molecule has 0 aliphatic heterocycles. The van der Waals surface area contributed by atoms with Crippen molar-refractivity contribution in [2.75, 3.05) is 4.42 Å². The SMILES string of the molecule is Fc1cccc(CN(Cl)c2cc(C(F)(F)F)ccn2)c1. The van der Waals surface area contributed by atoms with Crippen molar-refractivity contribution in [3.63, 3.8) is 0 Å². The van der Waals surface area contributed by atoms with Crippen LogP contribution in [0.4, 0.5) is 23.4 Å². The van der Waals surface area contributed by atoms with E-state index >= 15 is 0 Å². The third kappa shape index (κ3) is 3.60. The standard InChI is InChI=1S/C13H9ClF4N2/c14-20(8-9-2-1-3-11(15)6-9)12-7-10(4-5-19-12)13(16,17)18/h1-7H,8H2. The van der Waals surface area contributed by atoms with Gasteiger partial charge in [0.2, 0.25) is 0 Å². The lowest BCUT2D eigenvalue weighted by atomic mass is 10.2. The van der Waals surface area contributed by atoms with Gasteiger partial charge in [0.15, 0.2) is 0 Å². The Morgan fingerprint density at radius 3 is 2.55 bits per heavy atom. The van der Waals surface area contributed by atoms with Gasteiger partial charge in [0, 0.05) is 18.0 Å². The maximum atomic E-state index is 13.0. The third-order valence-corrected chi connectivity index (χ3v) is 2.82. The molecule has 0 radical (unpaired) electrons. The third-order valence-electron chi connectivity index (χ3n) is 2.53. The Hall–Kier alpha value is -1.82. The minimum Gasteiger partial charge on any atom is -0.264 e. The van der Waals surface area contributed by atoms with Crippen LogP contribution in [-0.2, 0) is 12.7 Å². The molecule has 2 nitrogen and oxygen atoms in total. The van der Waals surface area contributed by atoms with Gasteiger partial charge in [0.25, 0.3) is 0 Å². The zero-order valence-electron chi connectivity index (χ0n) is 10.0. The van der Waals surface area contributed by atoms with Crippen LogP contribution < -0.4 is 4.42 Å². The van der Waals surface area contributed by atoms with Crippen molar-refractivity contribution in [3.8, 4) is 0 Å². The highest BCUT2D eigenvalue weighted by atomic mass is 35.5. The lowest BCUT2D eigenvalue weighted by molar-refractivity contribution is -0.137. The Kier molecular flexibility index (Phi) is 4.13. The van der Waals surface area contributed by atoms with E-state index in [1.807, 2.05) is 0 Å². The molecular formula is C13H9ClF4N2. The second-order valence-corrected chi connectivity index (χ2v) is 4.46. The highest BCUT2D eigenvalue weighted by Gasteiger charge is 2.31. The van der Waals surface area contributed by atoms with Gasteiger partial charge in [-0.05, 0) is 29.8 Å². The summed E-state index contributed by atoms with van der Waals surface area (Å²) in [7, 11) is 0. The van der Waals surface area contributed by atoms with Gasteiger partial charge in [-0.1, -0.05) is 12.1 Å². The zero-order valence-corrected chi connectivity index (χ0v) is 10.8. The molecule has 0 aliphatic carbocycles. The largest absolute Gasteiger partial charge is 0.416 e. The van der Waals surface area contributed by atoms with Crippen LogP contribution in [0.15, 0.2) is 42.6 Å². The van der Waals surface area contributed by atoms with E-state index in [0.717, 1.165) is 22.7 Å². The first-order valence-corrected chi connectivity index (χ1v) is 5.91. The quantitative estimate of drug-likeness (QED) is 0.617. The molecule has 20 heavy (non-hydrogen) atoms. The zero-order chi connectivity index (χ0) is 14.8. The first-order chi connectivity index (χ1) is 9.36. The highest BCUT2D eigenvalue weighted by molar-refractivity contribution is 6.25. The Balaban J connectivity index is 2.19. The number of benzene rings is 1. The summed E-state index contributed by atoms with van der Waals surface area (Å²) in [5.41, 5.74) is -0.313. The van der Waals surface area contributed by atoms with Gasteiger partial charge in [-0.25, -0.2) is 9.37 Å². The van der Waals surface area contributed by atoms with Gasteiger partial charge in [0.1, 0.15) is 11.6 Å². The highest BCUT2D eigenvalue weighted by Crippen LogP contribution is 2.31. The van der Waals surface area contributed by atoms with Crippen molar-refractivity contribution in [3.05, 3.63) is 59.5 Å². The van der Waals surface area contributed by atoms with Crippen molar-refractivity contribution in [1.82, 2.24) is 4.98 Å². The van der Waals surface area contributed by atoms with Gasteiger partial charge in [0.05, 0.1) is 12.1 Å². The van der Waals surface area contributed by atoms with Gasteiger partial charge < -0.3 is 0 Å². The van der Waals surface area contributed by atoms with Gasteiger partial charge in [-0.15, -0.1) is 0 Å². The molecule has 0 saturated carbocycles. The Bertz CT molecular complexity index is 601. The maximum Gasteiger partial charge on any atom is 0.416 e. The smallest absolute Gasteiger partial charge is 0.264 e. The molecule has 0 bridgehead atoms. The lowest BCUT2D eigenvalue weighted by Crippen LogP contribution is -2.13. The van der Waals surface area contributed by atoms with E-state index in [2.05, 4.69) is 4.98 Å². The van der Waals surface area contributed by atoms with E-state index < -0.39 is 17.6 Å². The summed E-state index contributed by atoms with van der Waals surface area (Å²) in [6.07, 6.45) is -3.44. The molecule has 0 N–H and O–H groups in total. The number of hydrogen-bond donors (Lipinski definition) is 0. The van der Waals surface area contributed by atoms with E-state index in [1.165, 1.54) is 18.2 Å². The van der Waals surface area contributed by atoms with Crippen molar-refractivity contribution >= 4 is 17.6 Å². The van der Waals surface area contributed by atoms with Crippen molar-refractivity contribution in [1.29, 1.82) is 0 Å². The van der Waals surface area contributed by atoms with E-state index in [-0.39, 0.29) is 12.4 Å². The first kappa shape index (κ1) is 14.6.